The summed E-state index contributed by atoms with van der Waals surface area (Å²) in [4.78, 5) is 17.7. The molecule has 0 saturated carbocycles. The highest BCUT2D eigenvalue weighted by molar-refractivity contribution is 5.92. The van der Waals surface area contributed by atoms with E-state index in [1.165, 1.54) is 0 Å². The number of carbonyl (C=O) groups is 1. The number of rotatable bonds is 6. The smallest absolute Gasteiger partial charge is 0.244 e. The summed E-state index contributed by atoms with van der Waals surface area (Å²) >= 11 is 0. The van der Waals surface area contributed by atoms with E-state index in [0.717, 1.165) is 27.9 Å². The molecule has 0 saturated heterocycles. The van der Waals surface area contributed by atoms with Gasteiger partial charge in [-0.2, -0.15) is 0 Å². The van der Waals surface area contributed by atoms with Gasteiger partial charge in [0.2, 0.25) is 5.91 Å². The van der Waals surface area contributed by atoms with Crippen LogP contribution in [0.15, 0.2) is 60.7 Å². The second-order valence-electron chi connectivity index (χ2n) is 8.07. The Bertz CT molecular complexity index is 1330. The third kappa shape index (κ3) is 4.48. The number of imidazole rings is 1. The van der Waals surface area contributed by atoms with Gasteiger partial charge in [-0.1, -0.05) is 24.3 Å². The number of nitrogens with one attached hydrogen (secondary N) is 1. The predicted octanol–water partition coefficient (Wildman–Crippen LogP) is 4.64. The molecule has 0 unspecified atom stereocenters. The van der Waals surface area contributed by atoms with Crippen molar-refractivity contribution in [1.29, 1.82) is 0 Å². The summed E-state index contributed by atoms with van der Waals surface area (Å²) in [5.74, 6) is 2.66. The fourth-order valence-corrected chi connectivity index (χ4v) is 3.88. The monoisotopic (exact) mass is 443 g/mol. The first-order chi connectivity index (χ1) is 16.1. The molecule has 168 valence electrons. The zero-order valence-corrected chi connectivity index (χ0v) is 18.6. The van der Waals surface area contributed by atoms with Crippen LogP contribution in [0.25, 0.3) is 11.0 Å². The maximum Gasteiger partial charge on any atom is 0.244 e. The van der Waals surface area contributed by atoms with Crippen LogP contribution < -0.4 is 19.5 Å². The molecule has 4 aromatic rings. The molecule has 0 bridgehead atoms. The Morgan fingerprint density at radius 2 is 1.85 bits per heavy atom. The van der Waals surface area contributed by atoms with Crippen molar-refractivity contribution in [3.05, 3.63) is 77.6 Å². The minimum Gasteiger partial charge on any atom is -0.486 e. The van der Waals surface area contributed by atoms with Crippen molar-refractivity contribution in [3.8, 4) is 17.2 Å². The molecule has 1 amide bonds. The van der Waals surface area contributed by atoms with Gasteiger partial charge in [0.05, 0.1) is 11.0 Å². The van der Waals surface area contributed by atoms with Gasteiger partial charge < -0.3 is 24.1 Å². The van der Waals surface area contributed by atoms with E-state index in [1.807, 2.05) is 60.9 Å². The van der Waals surface area contributed by atoms with Crippen LogP contribution in [-0.2, 0) is 17.9 Å². The van der Waals surface area contributed by atoms with Crippen molar-refractivity contribution in [1.82, 2.24) is 9.55 Å². The number of benzene rings is 3. The average Bonchev–Trinajstić information content (AvgIpc) is 3.16. The first kappa shape index (κ1) is 20.9. The topological polar surface area (TPSA) is 74.6 Å². The average molecular weight is 444 g/mol. The number of fused-ring (bicyclic) bond motifs is 2. The van der Waals surface area contributed by atoms with Gasteiger partial charge in [0.1, 0.15) is 37.9 Å². The summed E-state index contributed by atoms with van der Waals surface area (Å²) in [6, 6.07) is 19.3. The van der Waals surface area contributed by atoms with Crippen LogP contribution in [-0.4, -0.2) is 28.7 Å². The summed E-state index contributed by atoms with van der Waals surface area (Å²) in [5, 5.41) is 2.95. The van der Waals surface area contributed by atoms with Crippen molar-refractivity contribution in [3.63, 3.8) is 0 Å². The molecule has 7 heteroatoms. The molecule has 0 spiro atoms. The van der Waals surface area contributed by atoms with Crippen LogP contribution in [0.1, 0.15) is 17.0 Å². The van der Waals surface area contributed by atoms with Crippen LogP contribution >= 0.6 is 0 Å². The Morgan fingerprint density at radius 3 is 2.73 bits per heavy atom. The number of para-hydroxylation sites is 2. The number of ether oxygens (including phenoxy) is 3. The standard InChI is InChI=1S/C26H25N3O4/c1-17-7-8-18(2)23(13-17)33-16-25-28-20-5-3-4-6-21(20)29(25)15-26(30)27-19-9-10-22-24(14-19)32-12-11-31-22/h3-10,13-14H,11-12,15-16H2,1-2H3,(H,27,30). The zero-order valence-electron chi connectivity index (χ0n) is 18.6. The Labute approximate surface area is 191 Å². The Hall–Kier alpha value is -4.00. The first-order valence-corrected chi connectivity index (χ1v) is 10.9. The summed E-state index contributed by atoms with van der Waals surface area (Å²) in [6.45, 7) is 5.44. The number of anilines is 1. The fraction of sp³-hybridized carbons (Fsp3) is 0.231. The van der Waals surface area contributed by atoms with Crippen molar-refractivity contribution < 1.29 is 19.0 Å². The van der Waals surface area contributed by atoms with Gasteiger partial charge >= 0.3 is 0 Å². The lowest BCUT2D eigenvalue weighted by molar-refractivity contribution is -0.116. The lowest BCUT2D eigenvalue weighted by Gasteiger charge is -2.19. The number of nitrogens with zero attached hydrogens (tertiary/aromatic N) is 2. The molecule has 7 nitrogen and oxygen atoms in total. The largest absolute Gasteiger partial charge is 0.486 e. The molecule has 1 aliphatic rings. The molecule has 0 radical (unpaired) electrons. The van der Waals surface area contributed by atoms with E-state index in [0.29, 0.717) is 36.2 Å². The van der Waals surface area contributed by atoms with Crippen LogP contribution in [0.4, 0.5) is 5.69 Å². The minimum atomic E-state index is -0.164. The van der Waals surface area contributed by atoms with Gasteiger partial charge in [-0.15, -0.1) is 0 Å². The molecule has 1 N–H and O–H groups in total. The number of aryl methyl sites for hydroxylation is 2. The van der Waals surface area contributed by atoms with Gasteiger partial charge in [0, 0.05) is 11.8 Å². The van der Waals surface area contributed by atoms with Gasteiger partial charge in [-0.25, -0.2) is 4.98 Å². The maximum atomic E-state index is 12.9. The Balaban J connectivity index is 1.36. The number of amides is 1. The molecule has 5 rings (SSSR count). The molecule has 1 aliphatic heterocycles. The van der Waals surface area contributed by atoms with E-state index >= 15 is 0 Å². The first-order valence-electron chi connectivity index (χ1n) is 10.9. The Morgan fingerprint density at radius 1 is 1.03 bits per heavy atom. The van der Waals surface area contributed by atoms with E-state index in [-0.39, 0.29) is 19.1 Å². The number of hydrogen-bond donors (Lipinski definition) is 1. The van der Waals surface area contributed by atoms with Crippen LogP contribution in [0, 0.1) is 13.8 Å². The fourth-order valence-electron chi connectivity index (χ4n) is 3.88. The van der Waals surface area contributed by atoms with E-state index in [4.69, 9.17) is 19.2 Å². The molecular weight excluding hydrogens is 418 g/mol. The second-order valence-corrected chi connectivity index (χ2v) is 8.07. The summed E-state index contributed by atoms with van der Waals surface area (Å²) in [6.07, 6.45) is 0. The normalized spacial score (nSPS) is 12.5. The molecule has 1 aromatic heterocycles. The zero-order chi connectivity index (χ0) is 22.8. The third-order valence-electron chi connectivity index (χ3n) is 5.56. The molecule has 0 fully saturated rings. The van der Waals surface area contributed by atoms with Crippen molar-refractivity contribution >= 4 is 22.6 Å². The van der Waals surface area contributed by atoms with Crippen molar-refractivity contribution in [2.75, 3.05) is 18.5 Å². The van der Waals surface area contributed by atoms with Crippen LogP contribution in [0.3, 0.4) is 0 Å². The molecule has 33 heavy (non-hydrogen) atoms. The van der Waals surface area contributed by atoms with Gasteiger partial charge in [-0.3, -0.25) is 4.79 Å². The van der Waals surface area contributed by atoms with E-state index in [9.17, 15) is 4.79 Å². The quantitative estimate of drug-likeness (QED) is 0.470. The summed E-state index contributed by atoms with van der Waals surface area (Å²) in [5.41, 5.74) is 4.54. The summed E-state index contributed by atoms with van der Waals surface area (Å²) < 4.78 is 19.1. The molecule has 0 aliphatic carbocycles. The van der Waals surface area contributed by atoms with Crippen molar-refractivity contribution in [2.24, 2.45) is 0 Å². The van der Waals surface area contributed by atoms with E-state index in [1.54, 1.807) is 12.1 Å². The van der Waals surface area contributed by atoms with Crippen LogP contribution in [0.2, 0.25) is 0 Å². The molecular formula is C26H25N3O4. The van der Waals surface area contributed by atoms with E-state index < -0.39 is 0 Å². The predicted molar refractivity (Wildman–Crippen MR) is 126 cm³/mol. The third-order valence-corrected chi connectivity index (χ3v) is 5.56. The molecule has 3 aromatic carbocycles. The van der Waals surface area contributed by atoms with E-state index in [2.05, 4.69) is 11.4 Å². The van der Waals surface area contributed by atoms with Crippen molar-refractivity contribution in [2.45, 2.75) is 27.0 Å². The van der Waals surface area contributed by atoms with Gasteiger partial charge in [0.15, 0.2) is 11.5 Å². The number of carbonyl (C=O) groups excluding carboxylic acids is 1. The van der Waals surface area contributed by atoms with Crippen LogP contribution in [0.5, 0.6) is 17.2 Å². The molecule has 0 atom stereocenters. The highest BCUT2D eigenvalue weighted by atomic mass is 16.6. The summed E-state index contributed by atoms with van der Waals surface area (Å²) in [7, 11) is 0. The number of hydrogen-bond acceptors (Lipinski definition) is 5. The maximum absolute atomic E-state index is 12.9. The highest BCUT2D eigenvalue weighted by Crippen LogP contribution is 2.32. The lowest BCUT2D eigenvalue weighted by Crippen LogP contribution is -2.21. The SMILES string of the molecule is Cc1ccc(C)c(OCc2nc3ccccc3n2CC(=O)Nc2ccc3c(c2)OCCO3)c1. The number of aromatic nitrogens is 2. The van der Waals surface area contributed by atoms with Gasteiger partial charge in [0.25, 0.3) is 0 Å². The highest BCUT2D eigenvalue weighted by Gasteiger charge is 2.16. The second kappa shape index (κ2) is 8.86. The lowest BCUT2D eigenvalue weighted by atomic mass is 10.1. The Kier molecular flexibility index (Phi) is 5.60. The van der Waals surface area contributed by atoms with Gasteiger partial charge in [-0.05, 0) is 55.3 Å². The minimum absolute atomic E-state index is 0.112. The molecule has 2 heterocycles.